The first kappa shape index (κ1) is 15.2. The van der Waals surface area contributed by atoms with Gasteiger partial charge in [-0.1, -0.05) is 18.2 Å². The van der Waals surface area contributed by atoms with Crippen LogP contribution in [0.5, 0.6) is 0 Å². The number of benzene rings is 1. The van der Waals surface area contributed by atoms with Crippen LogP contribution < -0.4 is 4.90 Å². The van der Waals surface area contributed by atoms with Crippen molar-refractivity contribution in [2.24, 2.45) is 0 Å². The minimum atomic E-state index is -0.0764. The van der Waals surface area contributed by atoms with Crippen molar-refractivity contribution in [3.05, 3.63) is 30.3 Å². The summed E-state index contributed by atoms with van der Waals surface area (Å²) in [5, 5.41) is 0. The number of nitrogens with zero attached hydrogens (tertiary/aromatic N) is 2. The van der Waals surface area contributed by atoms with Gasteiger partial charge in [-0.05, 0) is 32.9 Å². The van der Waals surface area contributed by atoms with Gasteiger partial charge in [0.25, 0.3) is 0 Å². The number of hydrogen-bond acceptors (Lipinski definition) is 2. The molecule has 0 saturated heterocycles. The summed E-state index contributed by atoms with van der Waals surface area (Å²) in [5.74, 6) is -0.134. The molecule has 0 aliphatic rings. The molecule has 1 aromatic carbocycles. The third kappa shape index (κ3) is 4.09. The highest BCUT2D eigenvalue weighted by Gasteiger charge is 2.21. The molecule has 0 radical (unpaired) electrons. The van der Waals surface area contributed by atoms with E-state index in [-0.39, 0.29) is 24.4 Å². The highest BCUT2D eigenvalue weighted by atomic mass is 16.2. The van der Waals surface area contributed by atoms with Crippen LogP contribution in [0.4, 0.5) is 5.69 Å². The predicted octanol–water partition coefficient (Wildman–Crippen LogP) is 2.30. The Kier molecular flexibility index (Phi) is 5.55. The zero-order valence-electron chi connectivity index (χ0n) is 12.1. The molecule has 0 aliphatic heterocycles. The maximum atomic E-state index is 12.3. The van der Waals surface area contributed by atoms with Crippen molar-refractivity contribution in [1.82, 2.24) is 4.90 Å². The molecule has 0 atom stereocenters. The molecule has 4 heteroatoms. The van der Waals surface area contributed by atoms with Crippen LogP contribution in [0.1, 0.15) is 27.7 Å². The summed E-state index contributed by atoms with van der Waals surface area (Å²) in [5.41, 5.74) is 0.863. The Morgan fingerprint density at radius 3 is 2.16 bits per heavy atom. The van der Waals surface area contributed by atoms with E-state index in [1.165, 1.54) is 6.92 Å². The van der Waals surface area contributed by atoms with E-state index in [2.05, 4.69) is 0 Å². The summed E-state index contributed by atoms with van der Waals surface area (Å²) < 4.78 is 0. The van der Waals surface area contributed by atoms with Crippen LogP contribution in [0.25, 0.3) is 0 Å². The summed E-state index contributed by atoms with van der Waals surface area (Å²) in [4.78, 5) is 27.1. The molecule has 4 nitrogen and oxygen atoms in total. The van der Waals surface area contributed by atoms with Crippen LogP contribution in [-0.2, 0) is 9.59 Å². The first-order valence-corrected chi connectivity index (χ1v) is 6.60. The molecule has 0 N–H and O–H groups in total. The van der Waals surface area contributed by atoms with Crippen LogP contribution in [0, 0.1) is 0 Å². The van der Waals surface area contributed by atoms with Gasteiger partial charge in [-0.3, -0.25) is 9.59 Å². The Hall–Kier alpha value is -1.84. The van der Waals surface area contributed by atoms with Gasteiger partial charge in [-0.15, -0.1) is 0 Å². The molecule has 0 aromatic heterocycles. The number of hydrogen-bond donors (Lipinski definition) is 0. The number of likely N-dealkylation sites (N-methyl/N-ethyl adjacent to an activating group) is 1. The highest BCUT2D eigenvalue weighted by Crippen LogP contribution is 2.14. The van der Waals surface area contributed by atoms with Crippen LogP contribution in [0.15, 0.2) is 30.3 Å². The van der Waals surface area contributed by atoms with Crippen molar-refractivity contribution >= 4 is 17.5 Å². The molecule has 0 heterocycles. The van der Waals surface area contributed by atoms with E-state index in [0.717, 1.165) is 5.69 Å². The lowest BCUT2D eigenvalue weighted by atomic mass is 10.2. The quantitative estimate of drug-likeness (QED) is 0.817. The number of amides is 2. The second kappa shape index (κ2) is 6.92. The Morgan fingerprint density at radius 1 is 1.16 bits per heavy atom. The average Bonchev–Trinajstić information content (AvgIpc) is 2.37. The number of carbonyl (C=O) groups is 2. The summed E-state index contributed by atoms with van der Waals surface area (Å²) >= 11 is 0. The molecular weight excluding hydrogens is 240 g/mol. The molecule has 2 amide bonds. The smallest absolute Gasteiger partial charge is 0.246 e. The van der Waals surface area contributed by atoms with E-state index in [1.54, 1.807) is 9.80 Å². The third-order valence-electron chi connectivity index (χ3n) is 3.02. The maximum Gasteiger partial charge on any atom is 0.246 e. The molecular formula is C15H22N2O2. The molecule has 0 fully saturated rings. The fraction of sp³-hybridized carbons (Fsp3) is 0.467. The Morgan fingerprint density at radius 2 is 1.74 bits per heavy atom. The number of carbonyl (C=O) groups excluding carboxylic acids is 2. The first-order chi connectivity index (χ1) is 8.97. The van der Waals surface area contributed by atoms with Gasteiger partial charge in [-0.2, -0.15) is 0 Å². The highest BCUT2D eigenvalue weighted by molar-refractivity contribution is 5.96. The molecule has 1 rings (SSSR count). The predicted molar refractivity (Wildman–Crippen MR) is 77.0 cm³/mol. The topological polar surface area (TPSA) is 40.6 Å². The van der Waals surface area contributed by atoms with Crippen molar-refractivity contribution in [1.29, 1.82) is 0 Å². The molecule has 0 aliphatic carbocycles. The molecule has 104 valence electrons. The number of rotatable bonds is 5. The first-order valence-electron chi connectivity index (χ1n) is 6.60. The zero-order chi connectivity index (χ0) is 14.4. The molecule has 19 heavy (non-hydrogen) atoms. The normalized spacial score (nSPS) is 10.4. The van der Waals surface area contributed by atoms with Gasteiger partial charge >= 0.3 is 0 Å². The van der Waals surface area contributed by atoms with E-state index >= 15 is 0 Å². The largest absolute Gasteiger partial charge is 0.331 e. The van der Waals surface area contributed by atoms with Gasteiger partial charge in [0.2, 0.25) is 11.8 Å². The van der Waals surface area contributed by atoms with Gasteiger partial charge in [-0.25, -0.2) is 0 Å². The monoisotopic (exact) mass is 262 g/mol. The second-order valence-corrected chi connectivity index (χ2v) is 4.71. The lowest BCUT2D eigenvalue weighted by Gasteiger charge is -2.28. The van der Waals surface area contributed by atoms with Crippen LogP contribution in [-0.4, -0.2) is 35.8 Å². The Balaban J connectivity index is 2.83. The lowest BCUT2D eigenvalue weighted by Crippen LogP contribution is -2.45. The van der Waals surface area contributed by atoms with Gasteiger partial charge in [0.1, 0.15) is 6.54 Å². The van der Waals surface area contributed by atoms with Crippen LogP contribution in [0.2, 0.25) is 0 Å². The molecule has 0 saturated carbocycles. The van der Waals surface area contributed by atoms with Gasteiger partial charge in [0.05, 0.1) is 0 Å². The van der Waals surface area contributed by atoms with Crippen molar-refractivity contribution < 1.29 is 9.59 Å². The Bertz CT molecular complexity index is 429. The SMILES string of the molecule is CCN(C(=O)CN(C(C)=O)C(C)C)c1ccccc1. The number of para-hydroxylation sites is 1. The summed E-state index contributed by atoms with van der Waals surface area (Å²) in [7, 11) is 0. The van der Waals surface area contributed by atoms with E-state index in [9.17, 15) is 9.59 Å². The van der Waals surface area contributed by atoms with Crippen molar-refractivity contribution in [2.75, 3.05) is 18.0 Å². The van der Waals surface area contributed by atoms with E-state index in [1.807, 2.05) is 51.1 Å². The molecule has 0 unspecified atom stereocenters. The maximum absolute atomic E-state index is 12.3. The van der Waals surface area contributed by atoms with E-state index in [4.69, 9.17) is 0 Å². The second-order valence-electron chi connectivity index (χ2n) is 4.71. The van der Waals surface area contributed by atoms with Crippen LogP contribution >= 0.6 is 0 Å². The minimum Gasteiger partial charge on any atom is -0.331 e. The summed E-state index contributed by atoms with van der Waals surface area (Å²) in [6.45, 7) is 7.95. The molecule has 0 bridgehead atoms. The fourth-order valence-electron chi connectivity index (χ4n) is 2.00. The van der Waals surface area contributed by atoms with Gasteiger partial charge in [0.15, 0.2) is 0 Å². The Labute approximate surface area is 115 Å². The van der Waals surface area contributed by atoms with E-state index in [0.29, 0.717) is 6.54 Å². The minimum absolute atomic E-state index is 0.0240. The van der Waals surface area contributed by atoms with Gasteiger partial charge < -0.3 is 9.80 Å². The number of anilines is 1. The van der Waals surface area contributed by atoms with Gasteiger partial charge in [0, 0.05) is 25.2 Å². The molecule has 1 aromatic rings. The van der Waals surface area contributed by atoms with Crippen molar-refractivity contribution in [3.63, 3.8) is 0 Å². The summed E-state index contributed by atoms with van der Waals surface area (Å²) in [6.07, 6.45) is 0. The zero-order valence-corrected chi connectivity index (χ0v) is 12.1. The van der Waals surface area contributed by atoms with Crippen molar-refractivity contribution in [3.8, 4) is 0 Å². The lowest BCUT2D eigenvalue weighted by molar-refractivity contribution is -0.135. The fourth-order valence-corrected chi connectivity index (χ4v) is 2.00. The standard InChI is InChI=1S/C15H22N2O2/c1-5-16(14-9-7-6-8-10-14)15(19)11-17(12(2)3)13(4)18/h6-10,12H,5,11H2,1-4H3. The third-order valence-corrected chi connectivity index (χ3v) is 3.02. The van der Waals surface area contributed by atoms with E-state index < -0.39 is 0 Å². The van der Waals surface area contributed by atoms with Crippen molar-refractivity contribution in [2.45, 2.75) is 33.7 Å². The van der Waals surface area contributed by atoms with Crippen LogP contribution in [0.3, 0.4) is 0 Å². The summed E-state index contributed by atoms with van der Waals surface area (Å²) in [6, 6.07) is 9.53. The molecule has 0 spiro atoms. The average molecular weight is 262 g/mol.